The average molecular weight is 213 g/mol. The van der Waals surface area contributed by atoms with Crippen molar-refractivity contribution in [3.05, 3.63) is 41.1 Å². The number of pyridine rings is 1. The van der Waals surface area contributed by atoms with Crippen LogP contribution >= 0.6 is 0 Å². The van der Waals surface area contributed by atoms with E-state index >= 15 is 0 Å². The summed E-state index contributed by atoms with van der Waals surface area (Å²) in [5.41, 5.74) is 5.08. The molecule has 0 atom stereocenters. The molecule has 1 aromatic heterocycles. The van der Waals surface area contributed by atoms with Crippen LogP contribution < -0.4 is 0 Å². The number of hydrogen-bond donors (Lipinski definition) is 0. The highest BCUT2D eigenvalue weighted by atomic mass is 14.7. The molecule has 0 aliphatic rings. The first-order valence-electron chi connectivity index (χ1n) is 6.02. The lowest BCUT2D eigenvalue weighted by Crippen LogP contribution is -1.96. The van der Waals surface area contributed by atoms with E-state index < -0.39 is 0 Å². The van der Waals surface area contributed by atoms with E-state index in [4.69, 9.17) is 4.98 Å². The van der Waals surface area contributed by atoms with Gasteiger partial charge in [0.2, 0.25) is 0 Å². The molecule has 0 radical (unpaired) electrons. The third kappa shape index (κ3) is 1.82. The van der Waals surface area contributed by atoms with Crippen molar-refractivity contribution >= 4 is 10.9 Å². The zero-order valence-corrected chi connectivity index (χ0v) is 10.5. The third-order valence-corrected chi connectivity index (χ3v) is 3.09. The molecule has 1 nitrogen and oxygen atoms in total. The Labute approximate surface area is 97.5 Å². The van der Waals surface area contributed by atoms with Crippen molar-refractivity contribution in [2.45, 2.75) is 40.0 Å². The van der Waals surface area contributed by atoms with E-state index in [1.807, 2.05) is 0 Å². The van der Waals surface area contributed by atoms with Crippen LogP contribution in [0.3, 0.4) is 0 Å². The molecule has 0 aliphatic carbocycles. The summed E-state index contributed by atoms with van der Waals surface area (Å²) in [6, 6.07) is 8.73. The van der Waals surface area contributed by atoms with Gasteiger partial charge in [-0.1, -0.05) is 39.0 Å². The SMILES string of the molecule is CCc1cc(C)nc2c(C(C)C)cccc12. The van der Waals surface area contributed by atoms with E-state index in [0.717, 1.165) is 12.1 Å². The molecular weight excluding hydrogens is 194 g/mol. The van der Waals surface area contributed by atoms with E-state index in [1.165, 1.54) is 22.0 Å². The van der Waals surface area contributed by atoms with Crippen LogP contribution in [-0.2, 0) is 6.42 Å². The fraction of sp³-hybridized carbons (Fsp3) is 0.400. The molecular formula is C15H19N. The molecule has 0 spiro atoms. The molecule has 84 valence electrons. The average Bonchev–Trinajstić information content (AvgIpc) is 2.26. The van der Waals surface area contributed by atoms with Crippen molar-refractivity contribution < 1.29 is 0 Å². The number of fused-ring (bicyclic) bond motifs is 1. The zero-order chi connectivity index (χ0) is 11.7. The van der Waals surface area contributed by atoms with Gasteiger partial charge < -0.3 is 0 Å². The summed E-state index contributed by atoms with van der Waals surface area (Å²) in [5.74, 6) is 0.530. The number of nitrogens with zero attached hydrogens (tertiary/aromatic N) is 1. The van der Waals surface area contributed by atoms with Crippen molar-refractivity contribution in [2.24, 2.45) is 0 Å². The first kappa shape index (κ1) is 11.1. The largest absolute Gasteiger partial charge is 0.253 e. The maximum Gasteiger partial charge on any atom is 0.0742 e. The first-order chi connectivity index (χ1) is 7.63. The smallest absolute Gasteiger partial charge is 0.0742 e. The maximum atomic E-state index is 4.71. The lowest BCUT2D eigenvalue weighted by molar-refractivity contribution is 0.871. The minimum absolute atomic E-state index is 0.530. The Kier molecular flexibility index (Phi) is 2.95. The molecule has 2 aromatic rings. The van der Waals surface area contributed by atoms with Gasteiger partial charge in [-0.3, -0.25) is 4.98 Å². The Balaban J connectivity index is 2.82. The Morgan fingerprint density at radius 2 is 2.00 bits per heavy atom. The standard InChI is InChI=1S/C15H19N/c1-5-12-9-11(4)16-15-13(10(2)3)7-6-8-14(12)15/h6-10H,5H2,1-4H3. The molecule has 0 fully saturated rings. The molecule has 0 aliphatic heterocycles. The van der Waals surface area contributed by atoms with Crippen molar-refractivity contribution in [3.8, 4) is 0 Å². The predicted molar refractivity (Wildman–Crippen MR) is 69.9 cm³/mol. The molecule has 2 rings (SSSR count). The summed E-state index contributed by atoms with van der Waals surface area (Å²) in [5, 5.41) is 1.32. The number of aromatic nitrogens is 1. The van der Waals surface area contributed by atoms with E-state index in [-0.39, 0.29) is 0 Å². The second-order valence-corrected chi connectivity index (χ2v) is 4.67. The van der Waals surface area contributed by atoms with Gasteiger partial charge in [0.05, 0.1) is 5.52 Å². The van der Waals surface area contributed by atoms with E-state index in [0.29, 0.717) is 5.92 Å². The lowest BCUT2D eigenvalue weighted by atomic mass is 9.96. The van der Waals surface area contributed by atoms with Crippen LogP contribution in [0.15, 0.2) is 24.3 Å². The van der Waals surface area contributed by atoms with E-state index in [9.17, 15) is 0 Å². The summed E-state index contributed by atoms with van der Waals surface area (Å²) in [4.78, 5) is 4.71. The number of aryl methyl sites for hydroxylation is 2. The fourth-order valence-corrected chi connectivity index (χ4v) is 2.24. The van der Waals surface area contributed by atoms with Gasteiger partial charge in [-0.25, -0.2) is 0 Å². The number of rotatable bonds is 2. The molecule has 0 amide bonds. The highest BCUT2D eigenvalue weighted by Gasteiger charge is 2.09. The molecule has 0 unspecified atom stereocenters. The number of para-hydroxylation sites is 1. The van der Waals surface area contributed by atoms with Crippen LogP contribution in [0, 0.1) is 6.92 Å². The fourth-order valence-electron chi connectivity index (χ4n) is 2.24. The first-order valence-corrected chi connectivity index (χ1v) is 6.02. The minimum Gasteiger partial charge on any atom is -0.253 e. The topological polar surface area (TPSA) is 12.9 Å². The van der Waals surface area contributed by atoms with Gasteiger partial charge in [-0.05, 0) is 36.5 Å². The van der Waals surface area contributed by atoms with Crippen molar-refractivity contribution in [1.29, 1.82) is 0 Å². The van der Waals surface area contributed by atoms with Gasteiger partial charge >= 0.3 is 0 Å². The summed E-state index contributed by atoms with van der Waals surface area (Å²) in [6.45, 7) is 8.74. The molecule has 0 saturated heterocycles. The van der Waals surface area contributed by atoms with Crippen LogP contribution in [-0.4, -0.2) is 4.98 Å². The molecule has 16 heavy (non-hydrogen) atoms. The second kappa shape index (κ2) is 4.25. The molecule has 1 heterocycles. The zero-order valence-electron chi connectivity index (χ0n) is 10.5. The second-order valence-electron chi connectivity index (χ2n) is 4.67. The van der Waals surface area contributed by atoms with E-state index in [1.54, 1.807) is 0 Å². The van der Waals surface area contributed by atoms with Crippen LogP contribution in [0.1, 0.15) is 43.5 Å². The summed E-state index contributed by atoms with van der Waals surface area (Å²) in [7, 11) is 0. The van der Waals surface area contributed by atoms with Gasteiger partial charge in [0.25, 0.3) is 0 Å². The predicted octanol–water partition coefficient (Wildman–Crippen LogP) is 4.23. The van der Waals surface area contributed by atoms with Gasteiger partial charge in [0.15, 0.2) is 0 Å². The van der Waals surface area contributed by atoms with Crippen molar-refractivity contribution in [1.82, 2.24) is 4.98 Å². The normalized spacial score (nSPS) is 11.3. The Morgan fingerprint density at radius 1 is 1.25 bits per heavy atom. The quantitative estimate of drug-likeness (QED) is 0.727. The summed E-state index contributed by atoms with van der Waals surface area (Å²) >= 11 is 0. The summed E-state index contributed by atoms with van der Waals surface area (Å²) < 4.78 is 0. The molecule has 0 saturated carbocycles. The van der Waals surface area contributed by atoms with E-state index in [2.05, 4.69) is 52.0 Å². The lowest BCUT2D eigenvalue weighted by Gasteiger charge is -2.12. The van der Waals surface area contributed by atoms with Gasteiger partial charge in [0, 0.05) is 11.1 Å². The molecule has 1 heteroatoms. The van der Waals surface area contributed by atoms with Crippen molar-refractivity contribution in [2.75, 3.05) is 0 Å². The van der Waals surface area contributed by atoms with Crippen LogP contribution in [0.4, 0.5) is 0 Å². The minimum atomic E-state index is 0.530. The highest BCUT2D eigenvalue weighted by molar-refractivity contribution is 5.85. The molecule has 0 bridgehead atoms. The van der Waals surface area contributed by atoms with Gasteiger partial charge in [-0.2, -0.15) is 0 Å². The van der Waals surface area contributed by atoms with Crippen LogP contribution in [0.5, 0.6) is 0 Å². The third-order valence-electron chi connectivity index (χ3n) is 3.09. The van der Waals surface area contributed by atoms with Gasteiger partial charge in [0.1, 0.15) is 0 Å². The molecule has 0 N–H and O–H groups in total. The van der Waals surface area contributed by atoms with Gasteiger partial charge in [-0.15, -0.1) is 0 Å². The maximum absolute atomic E-state index is 4.71. The number of hydrogen-bond acceptors (Lipinski definition) is 1. The van der Waals surface area contributed by atoms with Crippen molar-refractivity contribution in [3.63, 3.8) is 0 Å². The highest BCUT2D eigenvalue weighted by Crippen LogP contribution is 2.26. The Bertz CT molecular complexity index is 512. The van der Waals surface area contributed by atoms with Crippen LogP contribution in [0.2, 0.25) is 0 Å². The summed E-state index contributed by atoms with van der Waals surface area (Å²) in [6.07, 6.45) is 1.07. The monoisotopic (exact) mass is 213 g/mol. The van der Waals surface area contributed by atoms with Crippen LogP contribution in [0.25, 0.3) is 10.9 Å². The Hall–Kier alpha value is -1.37. The Morgan fingerprint density at radius 3 is 2.62 bits per heavy atom. The molecule has 1 aromatic carbocycles. The number of benzene rings is 1.